The van der Waals surface area contributed by atoms with Gasteiger partial charge in [-0.15, -0.1) is 11.3 Å². The molecule has 1 aromatic heterocycles. The van der Waals surface area contributed by atoms with Gasteiger partial charge in [0.15, 0.2) is 0 Å². The second kappa shape index (κ2) is 8.42. The molecule has 4 heteroatoms. The first kappa shape index (κ1) is 16.3. The van der Waals surface area contributed by atoms with E-state index in [0.717, 1.165) is 36.1 Å². The molecule has 114 valence electrons. The summed E-state index contributed by atoms with van der Waals surface area (Å²) < 4.78 is 6.47. The zero-order valence-corrected chi connectivity index (χ0v) is 14.1. The molecule has 0 spiro atoms. The van der Waals surface area contributed by atoms with Crippen molar-refractivity contribution in [1.82, 2.24) is 5.32 Å². The minimum Gasteiger partial charge on any atom is -0.494 e. The number of nitrogens with one attached hydrogen (secondary N) is 1. The molecule has 21 heavy (non-hydrogen) atoms. The van der Waals surface area contributed by atoms with Crippen LogP contribution in [0.4, 0.5) is 0 Å². The fourth-order valence-electron chi connectivity index (χ4n) is 2.13. The highest BCUT2D eigenvalue weighted by atomic mass is 35.5. The van der Waals surface area contributed by atoms with Crippen molar-refractivity contribution in [2.24, 2.45) is 0 Å². The molecule has 0 aliphatic carbocycles. The molecule has 0 aliphatic rings. The van der Waals surface area contributed by atoms with Crippen LogP contribution in [0.1, 0.15) is 43.2 Å². The topological polar surface area (TPSA) is 21.3 Å². The third-order valence-electron chi connectivity index (χ3n) is 3.16. The fraction of sp³-hybridized carbons (Fsp3) is 0.412. The number of ether oxygens (including phenoxy) is 1. The summed E-state index contributed by atoms with van der Waals surface area (Å²) in [4.78, 5) is 1.25. The maximum Gasteiger partial charge on any atom is 0.119 e. The number of thiophene rings is 1. The summed E-state index contributed by atoms with van der Waals surface area (Å²) in [5.74, 6) is 0.930. The number of benzene rings is 1. The Kier molecular flexibility index (Phi) is 6.55. The highest BCUT2D eigenvalue weighted by Crippen LogP contribution is 2.31. The van der Waals surface area contributed by atoms with Crippen LogP contribution in [0.3, 0.4) is 0 Å². The van der Waals surface area contributed by atoms with E-state index in [1.165, 1.54) is 10.4 Å². The predicted molar refractivity (Wildman–Crippen MR) is 91.7 cm³/mol. The molecule has 2 aromatic rings. The Hall–Kier alpha value is -1.03. The van der Waals surface area contributed by atoms with Gasteiger partial charge >= 0.3 is 0 Å². The van der Waals surface area contributed by atoms with Gasteiger partial charge in [0.25, 0.3) is 0 Å². The van der Waals surface area contributed by atoms with Gasteiger partial charge in [0, 0.05) is 4.88 Å². The lowest BCUT2D eigenvalue weighted by molar-refractivity contribution is 0.317. The van der Waals surface area contributed by atoms with Crippen molar-refractivity contribution >= 4 is 22.9 Å². The molecule has 2 nitrogen and oxygen atoms in total. The molecule has 1 atom stereocenters. The molecule has 2 rings (SSSR count). The molecule has 0 bridgehead atoms. The SMILES string of the molecule is CCCNC(c1ccc(OCCC)cc1)c1ccc(Cl)s1. The number of halogens is 1. The zero-order chi connectivity index (χ0) is 15.1. The largest absolute Gasteiger partial charge is 0.494 e. The van der Waals surface area contributed by atoms with Crippen LogP contribution in [0.25, 0.3) is 0 Å². The Morgan fingerprint density at radius 3 is 2.43 bits per heavy atom. The van der Waals surface area contributed by atoms with Gasteiger partial charge < -0.3 is 10.1 Å². The molecule has 0 saturated heterocycles. The van der Waals surface area contributed by atoms with E-state index in [2.05, 4.69) is 37.4 Å². The molecule has 0 aliphatic heterocycles. The van der Waals surface area contributed by atoms with Crippen LogP contribution in [0.5, 0.6) is 5.75 Å². The van der Waals surface area contributed by atoms with Crippen molar-refractivity contribution in [1.29, 1.82) is 0 Å². The van der Waals surface area contributed by atoms with E-state index in [1.54, 1.807) is 11.3 Å². The van der Waals surface area contributed by atoms with Crippen molar-refractivity contribution in [2.45, 2.75) is 32.7 Å². The maximum absolute atomic E-state index is 6.08. The standard InChI is InChI=1S/C17H22ClNOS/c1-3-11-19-17(15-9-10-16(18)21-15)13-5-7-14(8-6-13)20-12-4-2/h5-10,17,19H,3-4,11-12H2,1-2H3. The molecule has 0 saturated carbocycles. The first-order valence-electron chi connectivity index (χ1n) is 7.46. The van der Waals surface area contributed by atoms with Crippen LogP contribution in [0.15, 0.2) is 36.4 Å². The van der Waals surface area contributed by atoms with Crippen LogP contribution < -0.4 is 10.1 Å². The molecule has 1 unspecified atom stereocenters. The molecule has 0 amide bonds. The van der Waals surface area contributed by atoms with Crippen molar-refractivity contribution < 1.29 is 4.74 Å². The lowest BCUT2D eigenvalue weighted by atomic mass is 10.1. The van der Waals surface area contributed by atoms with Crippen molar-refractivity contribution in [3.05, 3.63) is 51.2 Å². The maximum atomic E-state index is 6.08. The summed E-state index contributed by atoms with van der Waals surface area (Å²) in [5, 5.41) is 3.59. The number of hydrogen-bond acceptors (Lipinski definition) is 3. The third kappa shape index (κ3) is 4.73. The minimum atomic E-state index is 0.197. The van der Waals surface area contributed by atoms with Gasteiger partial charge in [-0.3, -0.25) is 0 Å². The number of hydrogen-bond donors (Lipinski definition) is 1. The van der Waals surface area contributed by atoms with E-state index in [4.69, 9.17) is 16.3 Å². The smallest absolute Gasteiger partial charge is 0.119 e. The second-order valence-corrected chi connectivity index (χ2v) is 6.69. The van der Waals surface area contributed by atoms with Gasteiger partial charge in [-0.1, -0.05) is 37.6 Å². The quantitative estimate of drug-likeness (QED) is 0.713. The number of rotatable bonds is 8. The van der Waals surface area contributed by atoms with E-state index >= 15 is 0 Å². The Morgan fingerprint density at radius 2 is 1.86 bits per heavy atom. The van der Waals surface area contributed by atoms with Crippen molar-refractivity contribution in [3.63, 3.8) is 0 Å². The molecular formula is C17H22ClNOS. The molecule has 1 aromatic carbocycles. The van der Waals surface area contributed by atoms with Crippen molar-refractivity contribution in [3.8, 4) is 5.75 Å². The monoisotopic (exact) mass is 323 g/mol. The van der Waals surface area contributed by atoms with Gasteiger partial charge in [0.05, 0.1) is 17.0 Å². The van der Waals surface area contributed by atoms with Crippen LogP contribution in [-0.4, -0.2) is 13.2 Å². The zero-order valence-electron chi connectivity index (χ0n) is 12.6. The molecule has 1 heterocycles. The van der Waals surface area contributed by atoms with Crippen molar-refractivity contribution in [2.75, 3.05) is 13.2 Å². The lowest BCUT2D eigenvalue weighted by Crippen LogP contribution is -2.22. The summed E-state index contributed by atoms with van der Waals surface area (Å²) in [6.45, 7) is 6.03. The van der Waals surface area contributed by atoms with Gasteiger partial charge in [-0.05, 0) is 49.2 Å². The van der Waals surface area contributed by atoms with E-state index in [1.807, 2.05) is 18.2 Å². The Bertz CT molecular complexity index is 538. The lowest BCUT2D eigenvalue weighted by Gasteiger charge is -2.18. The first-order chi connectivity index (χ1) is 10.2. The summed E-state index contributed by atoms with van der Waals surface area (Å²) in [5.41, 5.74) is 1.24. The summed E-state index contributed by atoms with van der Waals surface area (Å²) in [6.07, 6.45) is 2.13. The molecular weight excluding hydrogens is 302 g/mol. The van der Waals surface area contributed by atoms with Gasteiger partial charge in [-0.25, -0.2) is 0 Å². The molecule has 1 N–H and O–H groups in total. The second-order valence-electron chi connectivity index (χ2n) is 4.95. The van der Waals surface area contributed by atoms with E-state index in [9.17, 15) is 0 Å². The average Bonchev–Trinajstić information content (AvgIpc) is 2.93. The summed E-state index contributed by atoms with van der Waals surface area (Å²) in [6, 6.07) is 12.6. The Balaban J connectivity index is 2.16. The highest BCUT2D eigenvalue weighted by molar-refractivity contribution is 7.16. The fourth-order valence-corrected chi connectivity index (χ4v) is 3.30. The van der Waals surface area contributed by atoms with Crippen LogP contribution in [0.2, 0.25) is 4.34 Å². The van der Waals surface area contributed by atoms with Gasteiger partial charge in [0.2, 0.25) is 0 Å². The molecule has 0 fully saturated rings. The summed E-state index contributed by atoms with van der Waals surface area (Å²) in [7, 11) is 0. The van der Waals surface area contributed by atoms with E-state index in [0.29, 0.717) is 0 Å². The average molecular weight is 324 g/mol. The van der Waals surface area contributed by atoms with Gasteiger partial charge in [-0.2, -0.15) is 0 Å². The Morgan fingerprint density at radius 1 is 1.10 bits per heavy atom. The molecule has 0 radical (unpaired) electrons. The summed E-state index contributed by atoms with van der Waals surface area (Å²) >= 11 is 7.71. The first-order valence-corrected chi connectivity index (χ1v) is 8.65. The van der Waals surface area contributed by atoms with Crippen LogP contribution >= 0.6 is 22.9 Å². The van der Waals surface area contributed by atoms with E-state index < -0.39 is 0 Å². The minimum absolute atomic E-state index is 0.197. The Labute approximate surface area is 136 Å². The normalized spacial score (nSPS) is 12.3. The van der Waals surface area contributed by atoms with Crippen LogP contribution in [0, 0.1) is 0 Å². The predicted octanol–water partition coefficient (Wildman–Crippen LogP) is 5.28. The third-order valence-corrected chi connectivity index (χ3v) is 4.46. The van der Waals surface area contributed by atoms with Crippen LogP contribution in [-0.2, 0) is 0 Å². The van der Waals surface area contributed by atoms with Gasteiger partial charge in [0.1, 0.15) is 5.75 Å². The van der Waals surface area contributed by atoms with E-state index in [-0.39, 0.29) is 6.04 Å². The highest BCUT2D eigenvalue weighted by Gasteiger charge is 2.15.